The summed E-state index contributed by atoms with van der Waals surface area (Å²) in [4.78, 5) is 25.9. The standard InChI is InChI=1S/C15H19ClN2O3/c1-10(6-8-19)17-15(21)12-5-4-11(16)9-13(12)18-7-2-3-14(18)20/h4-5,9-10,19H,2-3,6-8H2,1H3,(H,17,21). The van der Waals surface area contributed by atoms with Gasteiger partial charge in [0.05, 0.1) is 11.3 Å². The molecule has 2 amide bonds. The summed E-state index contributed by atoms with van der Waals surface area (Å²) >= 11 is 6.00. The third kappa shape index (κ3) is 3.74. The molecule has 1 unspecified atom stereocenters. The van der Waals surface area contributed by atoms with E-state index < -0.39 is 0 Å². The van der Waals surface area contributed by atoms with Crippen molar-refractivity contribution in [3.8, 4) is 0 Å². The summed E-state index contributed by atoms with van der Waals surface area (Å²) in [6.07, 6.45) is 1.76. The number of carbonyl (C=O) groups excluding carboxylic acids is 2. The fourth-order valence-corrected chi connectivity index (χ4v) is 2.56. The van der Waals surface area contributed by atoms with E-state index in [4.69, 9.17) is 16.7 Å². The molecular weight excluding hydrogens is 292 g/mol. The van der Waals surface area contributed by atoms with Gasteiger partial charge >= 0.3 is 0 Å². The lowest BCUT2D eigenvalue weighted by molar-refractivity contribution is -0.117. The van der Waals surface area contributed by atoms with Crippen LogP contribution in [0.15, 0.2) is 18.2 Å². The van der Waals surface area contributed by atoms with Gasteiger partial charge in [0.15, 0.2) is 0 Å². The Morgan fingerprint density at radius 3 is 2.90 bits per heavy atom. The number of carbonyl (C=O) groups is 2. The van der Waals surface area contributed by atoms with Crippen LogP contribution in [0.4, 0.5) is 5.69 Å². The van der Waals surface area contributed by atoms with Crippen molar-refractivity contribution >= 4 is 29.1 Å². The van der Waals surface area contributed by atoms with Gasteiger partial charge in [-0.2, -0.15) is 0 Å². The van der Waals surface area contributed by atoms with Crippen molar-refractivity contribution in [2.45, 2.75) is 32.2 Å². The minimum Gasteiger partial charge on any atom is -0.396 e. The molecule has 114 valence electrons. The van der Waals surface area contributed by atoms with Crippen LogP contribution in [-0.2, 0) is 4.79 Å². The van der Waals surface area contributed by atoms with Crippen LogP contribution in [0.3, 0.4) is 0 Å². The highest BCUT2D eigenvalue weighted by molar-refractivity contribution is 6.31. The molecule has 2 N–H and O–H groups in total. The van der Waals surface area contributed by atoms with Crippen molar-refractivity contribution in [1.29, 1.82) is 0 Å². The SMILES string of the molecule is CC(CCO)NC(=O)c1ccc(Cl)cc1N1CCCC1=O. The summed E-state index contributed by atoms with van der Waals surface area (Å²) in [7, 11) is 0. The normalized spacial score (nSPS) is 16.1. The first kappa shape index (κ1) is 15.8. The Labute approximate surface area is 128 Å². The predicted molar refractivity (Wildman–Crippen MR) is 81.7 cm³/mol. The molecule has 0 saturated carbocycles. The number of benzene rings is 1. The predicted octanol–water partition coefficient (Wildman–Crippen LogP) is 1.97. The first-order chi connectivity index (χ1) is 10.0. The van der Waals surface area contributed by atoms with E-state index in [1.165, 1.54) is 0 Å². The number of aliphatic hydroxyl groups excluding tert-OH is 1. The molecular formula is C15H19ClN2O3. The van der Waals surface area contributed by atoms with Gasteiger partial charge in [-0.3, -0.25) is 9.59 Å². The lowest BCUT2D eigenvalue weighted by atomic mass is 10.1. The molecule has 1 heterocycles. The van der Waals surface area contributed by atoms with E-state index in [2.05, 4.69) is 5.32 Å². The van der Waals surface area contributed by atoms with Crippen molar-refractivity contribution < 1.29 is 14.7 Å². The van der Waals surface area contributed by atoms with E-state index in [-0.39, 0.29) is 24.5 Å². The van der Waals surface area contributed by atoms with Gasteiger partial charge in [-0.05, 0) is 38.0 Å². The number of hydrogen-bond acceptors (Lipinski definition) is 3. The molecule has 0 radical (unpaired) electrons. The van der Waals surface area contributed by atoms with Crippen LogP contribution in [0.1, 0.15) is 36.5 Å². The number of halogens is 1. The first-order valence-corrected chi connectivity index (χ1v) is 7.42. The molecule has 0 spiro atoms. The van der Waals surface area contributed by atoms with Gasteiger partial charge in [0, 0.05) is 30.6 Å². The highest BCUT2D eigenvalue weighted by Gasteiger charge is 2.26. The van der Waals surface area contributed by atoms with E-state index >= 15 is 0 Å². The molecule has 1 aromatic carbocycles. The molecule has 1 aliphatic heterocycles. The van der Waals surface area contributed by atoms with E-state index in [1.54, 1.807) is 23.1 Å². The number of hydrogen-bond donors (Lipinski definition) is 2. The number of anilines is 1. The van der Waals surface area contributed by atoms with E-state index in [0.29, 0.717) is 35.7 Å². The zero-order valence-corrected chi connectivity index (χ0v) is 12.7. The van der Waals surface area contributed by atoms with Crippen LogP contribution in [0.2, 0.25) is 5.02 Å². The van der Waals surface area contributed by atoms with Crippen LogP contribution >= 0.6 is 11.6 Å². The highest BCUT2D eigenvalue weighted by atomic mass is 35.5. The summed E-state index contributed by atoms with van der Waals surface area (Å²) in [6, 6.07) is 4.78. The minimum atomic E-state index is -0.262. The molecule has 1 aliphatic rings. The summed E-state index contributed by atoms with van der Waals surface area (Å²) < 4.78 is 0. The fourth-order valence-electron chi connectivity index (χ4n) is 2.39. The second kappa shape index (κ2) is 6.91. The smallest absolute Gasteiger partial charge is 0.253 e. The molecule has 21 heavy (non-hydrogen) atoms. The van der Waals surface area contributed by atoms with E-state index in [0.717, 1.165) is 6.42 Å². The van der Waals surface area contributed by atoms with Gasteiger partial charge in [0.1, 0.15) is 0 Å². The quantitative estimate of drug-likeness (QED) is 0.873. The Balaban J connectivity index is 2.26. The topological polar surface area (TPSA) is 69.6 Å². The Bertz CT molecular complexity index is 548. The average Bonchev–Trinajstić information content (AvgIpc) is 2.84. The summed E-state index contributed by atoms with van der Waals surface area (Å²) in [5.74, 6) is -0.253. The van der Waals surface area contributed by atoms with Gasteiger partial charge in [0.2, 0.25) is 5.91 Å². The lowest BCUT2D eigenvalue weighted by Gasteiger charge is -2.21. The monoisotopic (exact) mass is 310 g/mol. The van der Waals surface area contributed by atoms with Crippen molar-refractivity contribution in [2.75, 3.05) is 18.1 Å². The zero-order chi connectivity index (χ0) is 15.4. The number of nitrogens with one attached hydrogen (secondary N) is 1. The van der Waals surface area contributed by atoms with Crippen LogP contribution in [0.25, 0.3) is 0 Å². The number of nitrogens with zero attached hydrogens (tertiary/aromatic N) is 1. The molecule has 1 saturated heterocycles. The van der Waals surface area contributed by atoms with Crippen LogP contribution in [0.5, 0.6) is 0 Å². The molecule has 0 aromatic heterocycles. The maximum atomic E-state index is 12.4. The minimum absolute atomic E-state index is 0.00900. The van der Waals surface area contributed by atoms with Gasteiger partial charge in [-0.15, -0.1) is 0 Å². The Kier molecular flexibility index (Phi) is 5.20. The van der Waals surface area contributed by atoms with E-state index in [9.17, 15) is 9.59 Å². The van der Waals surface area contributed by atoms with Gasteiger partial charge < -0.3 is 15.3 Å². The number of aliphatic hydroxyl groups is 1. The average molecular weight is 311 g/mol. The molecule has 0 bridgehead atoms. The Hall–Kier alpha value is -1.59. The summed E-state index contributed by atoms with van der Waals surface area (Å²) in [5.41, 5.74) is 0.984. The zero-order valence-electron chi connectivity index (χ0n) is 11.9. The van der Waals surface area contributed by atoms with Crippen molar-refractivity contribution in [3.05, 3.63) is 28.8 Å². The summed E-state index contributed by atoms with van der Waals surface area (Å²) in [5, 5.41) is 12.2. The fraction of sp³-hybridized carbons (Fsp3) is 0.467. The second-order valence-electron chi connectivity index (χ2n) is 5.20. The van der Waals surface area contributed by atoms with E-state index in [1.807, 2.05) is 6.92 Å². The van der Waals surface area contributed by atoms with Crippen LogP contribution < -0.4 is 10.2 Å². The van der Waals surface area contributed by atoms with Crippen LogP contribution in [0, 0.1) is 0 Å². The molecule has 1 fully saturated rings. The Morgan fingerprint density at radius 1 is 1.52 bits per heavy atom. The summed E-state index contributed by atoms with van der Waals surface area (Å²) in [6.45, 7) is 2.44. The van der Waals surface area contributed by atoms with Gasteiger partial charge in [-0.25, -0.2) is 0 Å². The molecule has 1 atom stereocenters. The van der Waals surface area contributed by atoms with Crippen molar-refractivity contribution in [3.63, 3.8) is 0 Å². The third-order valence-corrected chi connectivity index (χ3v) is 3.74. The van der Waals surface area contributed by atoms with Gasteiger partial charge in [0.25, 0.3) is 5.91 Å². The van der Waals surface area contributed by atoms with Crippen molar-refractivity contribution in [2.24, 2.45) is 0 Å². The number of amides is 2. The molecule has 6 heteroatoms. The van der Waals surface area contributed by atoms with Crippen LogP contribution in [-0.4, -0.2) is 36.1 Å². The largest absolute Gasteiger partial charge is 0.396 e. The molecule has 2 rings (SSSR count). The maximum Gasteiger partial charge on any atom is 0.253 e. The maximum absolute atomic E-state index is 12.4. The first-order valence-electron chi connectivity index (χ1n) is 7.04. The lowest BCUT2D eigenvalue weighted by Crippen LogP contribution is -2.35. The molecule has 5 nitrogen and oxygen atoms in total. The number of rotatable bonds is 5. The van der Waals surface area contributed by atoms with Gasteiger partial charge in [-0.1, -0.05) is 11.6 Å². The third-order valence-electron chi connectivity index (χ3n) is 3.51. The second-order valence-corrected chi connectivity index (χ2v) is 5.63. The van der Waals surface area contributed by atoms with Crippen molar-refractivity contribution in [1.82, 2.24) is 5.32 Å². The molecule has 1 aromatic rings. The molecule has 0 aliphatic carbocycles. The Morgan fingerprint density at radius 2 is 2.29 bits per heavy atom. The highest BCUT2D eigenvalue weighted by Crippen LogP contribution is 2.28.